The Morgan fingerprint density at radius 2 is 1.94 bits per heavy atom. The fourth-order valence-corrected chi connectivity index (χ4v) is 3.58. The molecule has 1 aromatic carbocycles. The molecule has 1 saturated heterocycles. The Hall–Kier alpha value is -1.68. The van der Waals surface area contributed by atoms with Gasteiger partial charge < -0.3 is 15.1 Å². The molecule has 2 N–H and O–H groups in total. The normalized spacial score (nSPS) is 16.1. The van der Waals surface area contributed by atoms with Crippen LogP contribution >= 0.6 is 24.0 Å². The molecule has 2 heterocycles. The van der Waals surface area contributed by atoms with E-state index in [0.717, 1.165) is 49.8 Å². The maximum atomic E-state index is 13.9. The number of halogens is 2. The van der Waals surface area contributed by atoms with Crippen LogP contribution in [0.1, 0.15) is 50.8 Å². The maximum Gasteiger partial charge on any atom is 0.213 e. The highest BCUT2D eigenvalue weighted by Gasteiger charge is 2.21. The van der Waals surface area contributed by atoms with Gasteiger partial charge in [-0.1, -0.05) is 39.0 Å². The van der Waals surface area contributed by atoms with Crippen molar-refractivity contribution in [3.63, 3.8) is 0 Å². The summed E-state index contributed by atoms with van der Waals surface area (Å²) in [5.41, 5.74) is 0.728. The molecule has 6 nitrogen and oxygen atoms in total. The van der Waals surface area contributed by atoms with Gasteiger partial charge >= 0.3 is 0 Å². The number of hydrogen-bond donors (Lipinski definition) is 2. The van der Waals surface area contributed by atoms with Crippen molar-refractivity contribution in [1.82, 2.24) is 20.5 Å². The third-order valence-electron chi connectivity index (χ3n) is 5.54. The molecule has 2 aromatic rings. The molecule has 1 aliphatic heterocycles. The van der Waals surface area contributed by atoms with Crippen LogP contribution in [0.25, 0.3) is 0 Å². The molecule has 0 saturated carbocycles. The van der Waals surface area contributed by atoms with Gasteiger partial charge in [0.15, 0.2) is 5.96 Å². The molecule has 0 spiro atoms. The summed E-state index contributed by atoms with van der Waals surface area (Å²) in [5, 5.41) is 6.68. The molecule has 0 bridgehead atoms. The van der Waals surface area contributed by atoms with Crippen molar-refractivity contribution in [2.75, 3.05) is 26.7 Å². The quantitative estimate of drug-likeness (QED) is 0.323. The van der Waals surface area contributed by atoms with Gasteiger partial charge in [-0.3, -0.25) is 9.89 Å². The number of hydrogen-bond acceptors (Lipinski definition) is 4. The summed E-state index contributed by atoms with van der Waals surface area (Å²) in [5.74, 6) is 2.75. The van der Waals surface area contributed by atoms with E-state index in [9.17, 15) is 4.39 Å². The Balaban J connectivity index is 0.00000341. The van der Waals surface area contributed by atoms with Crippen molar-refractivity contribution in [3.8, 4) is 0 Å². The largest absolute Gasteiger partial charge is 0.443 e. The number of likely N-dealkylation sites (tertiary alicyclic amines) is 1. The Morgan fingerprint density at radius 3 is 2.55 bits per heavy atom. The SMILES string of the molecule is CN=C(NCc1ncc(C(C)(C)C)o1)NCC1CCN(Cc2ccccc2F)CC1.I. The number of nitrogens with zero attached hydrogens (tertiary/aromatic N) is 3. The summed E-state index contributed by atoms with van der Waals surface area (Å²) in [6, 6.07) is 7.04. The third-order valence-corrected chi connectivity index (χ3v) is 5.54. The molecule has 1 aromatic heterocycles. The van der Waals surface area contributed by atoms with Crippen LogP contribution < -0.4 is 10.6 Å². The van der Waals surface area contributed by atoms with Crippen LogP contribution in [-0.2, 0) is 18.5 Å². The molecule has 0 amide bonds. The van der Waals surface area contributed by atoms with Crippen molar-refractivity contribution in [1.29, 1.82) is 0 Å². The number of nitrogens with one attached hydrogen (secondary N) is 2. The van der Waals surface area contributed by atoms with Crippen molar-refractivity contribution < 1.29 is 8.81 Å². The van der Waals surface area contributed by atoms with Crippen LogP contribution in [0, 0.1) is 11.7 Å². The van der Waals surface area contributed by atoms with Crippen molar-refractivity contribution in [2.24, 2.45) is 10.9 Å². The van der Waals surface area contributed by atoms with E-state index in [4.69, 9.17) is 4.42 Å². The van der Waals surface area contributed by atoms with Gasteiger partial charge in [0.1, 0.15) is 11.6 Å². The topological polar surface area (TPSA) is 65.7 Å². The van der Waals surface area contributed by atoms with E-state index in [2.05, 4.69) is 46.3 Å². The van der Waals surface area contributed by atoms with Gasteiger partial charge in [-0.2, -0.15) is 0 Å². The van der Waals surface area contributed by atoms with Crippen LogP contribution in [0.2, 0.25) is 0 Å². The van der Waals surface area contributed by atoms with Gasteiger partial charge in [-0.05, 0) is 37.9 Å². The van der Waals surface area contributed by atoms with Crippen molar-refractivity contribution in [2.45, 2.75) is 52.1 Å². The highest BCUT2D eigenvalue weighted by Crippen LogP contribution is 2.22. The van der Waals surface area contributed by atoms with E-state index in [-0.39, 0.29) is 35.2 Å². The fourth-order valence-electron chi connectivity index (χ4n) is 3.58. The Kier molecular flexibility index (Phi) is 9.74. The Labute approximate surface area is 202 Å². The zero-order valence-electron chi connectivity index (χ0n) is 18.9. The monoisotopic (exact) mass is 543 g/mol. The van der Waals surface area contributed by atoms with E-state index in [0.29, 0.717) is 24.9 Å². The fraction of sp³-hybridized carbons (Fsp3) is 0.565. The smallest absolute Gasteiger partial charge is 0.213 e. The first-order valence-corrected chi connectivity index (χ1v) is 10.7. The number of piperidine rings is 1. The second-order valence-corrected chi connectivity index (χ2v) is 8.99. The zero-order chi connectivity index (χ0) is 21.6. The average Bonchev–Trinajstić information content (AvgIpc) is 3.21. The molecule has 1 fully saturated rings. The van der Waals surface area contributed by atoms with E-state index < -0.39 is 0 Å². The molecule has 0 unspecified atom stereocenters. The molecule has 0 atom stereocenters. The summed E-state index contributed by atoms with van der Waals surface area (Å²) in [6.07, 6.45) is 3.97. The second-order valence-electron chi connectivity index (χ2n) is 8.99. The van der Waals surface area contributed by atoms with Crippen molar-refractivity contribution >= 4 is 29.9 Å². The van der Waals surface area contributed by atoms with E-state index in [1.165, 1.54) is 6.07 Å². The second kappa shape index (κ2) is 11.8. The number of rotatable bonds is 6. The number of benzene rings is 1. The van der Waals surface area contributed by atoms with Crippen LogP contribution in [0.4, 0.5) is 4.39 Å². The van der Waals surface area contributed by atoms with Gasteiger partial charge in [-0.25, -0.2) is 9.37 Å². The minimum Gasteiger partial charge on any atom is -0.443 e. The third kappa shape index (κ3) is 7.75. The average molecular weight is 543 g/mol. The van der Waals surface area contributed by atoms with Gasteiger partial charge in [0.2, 0.25) is 5.89 Å². The minimum atomic E-state index is -0.114. The highest BCUT2D eigenvalue weighted by molar-refractivity contribution is 14.0. The lowest BCUT2D eigenvalue weighted by atomic mass is 9.94. The summed E-state index contributed by atoms with van der Waals surface area (Å²) in [4.78, 5) is 11.0. The Bertz CT molecular complexity index is 840. The zero-order valence-corrected chi connectivity index (χ0v) is 21.3. The summed E-state index contributed by atoms with van der Waals surface area (Å²) >= 11 is 0. The molecular formula is C23H35FIN5O. The lowest BCUT2D eigenvalue weighted by Crippen LogP contribution is -2.42. The first-order chi connectivity index (χ1) is 14.3. The molecule has 1 aliphatic rings. The minimum absolute atomic E-state index is 0. The molecular weight excluding hydrogens is 508 g/mol. The molecule has 0 radical (unpaired) electrons. The van der Waals surface area contributed by atoms with E-state index in [1.54, 1.807) is 19.3 Å². The predicted molar refractivity (Wildman–Crippen MR) is 133 cm³/mol. The van der Waals surface area contributed by atoms with Crippen LogP contribution in [-0.4, -0.2) is 42.5 Å². The first kappa shape index (κ1) is 25.6. The van der Waals surface area contributed by atoms with Crippen molar-refractivity contribution in [3.05, 3.63) is 53.5 Å². The standard InChI is InChI=1S/C23H34FN5O.HI/c1-23(2,3)20-14-26-21(30-20)15-28-22(25-4)27-13-17-9-11-29(12-10-17)16-18-7-5-6-8-19(18)24;/h5-8,14,17H,9-13,15-16H2,1-4H3,(H2,25,27,28);1H. The lowest BCUT2D eigenvalue weighted by molar-refractivity contribution is 0.176. The van der Waals surface area contributed by atoms with Crippen LogP contribution in [0.15, 0.2) is 39.9 Å². The number of aromatic nitrogens is 1. The molecule has 31 heavy (non-hydrogen) atoms. The van der Waals surface area contributed by atoms with E-state index in [1.807, 2.05) is 12.1 Å². The van der Waals surface area contributed by atoms with E-state index >= 15 is 0 Å². The van der Waals surface area contributed by atoms with Gasteiger partial charge in [0.05, 0.1) is 12.7 Å². The van der Waals surface area contributed by atoms with Gasteiger partial charge in [-0.15, -0.1) is 24.0 Å². The highest BCUT2D eigenvalue weighted by atomic mass is 127. The predicted octanol–water partition coefficient (Wildman–Crippen LogP) is 4.31. The summed E-state index contributed by atoms with van der Waals surface area (Å²) in [7, 11) is 1.77. The summed E-state index contributed by atoms with van der Waals surface area (Å²) in [6.45, 7) is 10.3. The number of oxazole rings is 1. The Morgan fingerprint density at radius 1 is 1.23 bits per heavy atom. The molecule has 0 aliphatic carbocycles. The van der Waals surface area contributed by atoms with Crippen LogP contribution in [0.3, 0.4) is 0 Å². The van der Waals surface area contributed by atoms with Crippen LogP contribution in [0.5, 0.6) is 0 Å². The van der Waals surface area contributed by atoms with Gasteiger partial charge in [0, 0.05) is 31.1 Å². The summed E-state index contributed by atoms with van der Waals surface area (Å²) < 4.78 is 19.7. The lowest BCUT2D eigenvalue weighted by Gasteiger charge is -2.32. The van der Waals surface area contributed by atoms with Gasteiger partial charge in [0.25, 0.3) is 0 Å². The molecule has 8 heteroatoms. The maximum absolute atomic E-state index is 13.9. The molecule has 3 rings (SSSR count). The number of guanidine groups is 1. The first-order valence-electron chi connectivity index (χ1n) is 10.7. The molecule has 172 valence electrons. The number of aliphatic imine (C=N–C) groups is 1.